The highest BCUT2D eigenvalue weighted by molar-refractivity contribution is 5.79. The Morgan fingerprint density at radius 1 is 1.67 bits per heavy atom. The second-order valence-electron chi connectivity index (χ2n) is 4.43. The highest BCUT2D eigenvalue weighted by Crippen LogP contribution is 2.17. The molecular formula is C14H18N2O2. The Kier molecular flexibility index (Phi) is 4.47. The zero-order valence-electron chi connectivity index (χ0n) is 10.4. The molecule has 1 atom stereocenters. The molecule has 1 aliphatic rings. The fourth-order valence-corrected chi connectivity index (χ4v) is 2.09. The zero-order chi connectivity index (χ0) is 12.8. The van der Waals surface area contributed by atoms with E-state index in [2.05, 4.69) is 11.6 Å². The van der Waals surface area contributed by atoms with Gasteiger partial charge < -0.3 is 9.64 Å². The van der Waals surface area contributed by atoms with Crippen molar-refractivity contribution in [3.05, 3.63) is 42.7 Å². The molecule has 2 rings (SSSR count). The quantitative estimate of drug-likeness (QED) is 0.742. The highest BCUT2D eigenvalue weighted by atomic mass is 16.5. The molecule has 0 aromatic carbocycles. The predicted octanol–water partition coefficient (Wildman–Crippen LogP) is 1.63. The number of nitrogens with zero attached hydrogens (tertiary/aromatic N) is 2. The van der Waals surface area contributed by atoms with Crippen LogP contribution in [0.25, 0.3) is 0 Å². The third kappa shape index (κ3) is 3.17. The van der Waals surface area contributed by atoms with Gasteiger partial charge in [-0.2, -0.15) is 0 Å². The Bertz CT molecular complexity index is 400. The van der Waals surface area contributed by atoms with Gasteiger partial charge in [-0.3, -0.25) is 9.78 Å². The third-order valence-electron chi connectivity index (χ3n) is 3.04. The van der Waals surface area contributed by atoms with Crippen molar-refractivity contribution in [3.8, 4) is 0 Å². The van der Waals surface area contributed by atoms with Crippen LogP contribution >= 0.6 is 0 Å². The van der Waals surface area contributed by atoms with Crippen molar-refractivity contribution in [2.75, 3.05) is 19.8 Å². The van der Waals surface area contributed by atoms with Gasteiger partial charge in [0.15, 0.2) is 0 Å². The van der Waals surface area contributed by atoms with E-state index in [0.717, 1.165) is 12.0 Å². The number of ether oxygens (including phenoxy) is 1. The smallest absolute Gasteiger partial charge is 0.228 e. The summed E-state index contributed by atoms with van der Waals surface area (Å²) in [4.78, 5) is 18.2. The van der Waals surface area contributed by atoms with Crippen molar-refractivity contribution >= 4 is 5.91 Å². The molecule has 1 fully saturated rings. The van der Waals surface area contributed by atoms with Crippen molar-refractivity contribution in [3.63, 3.8) is 0 Å². The van der Waals surface area contributed by atoms with Crippen LogP contribution in [0.3, 0.4) is 0 Å². The van der Waals surface area contributed by atoms with E-state index in [1.165, 1.54) is 0 Å². The van der Waals surface area contributed by atoms with Crippen molar-refractivity contribution in [1.82, 2.24) is 9.88 Å². The van der Waals surface area contributed by atoms with Crippen LogP contribution in [-0.4, -0.2) is 35.5 Å². The second kappa shape index (κ2) is 6.31. The molecule has 1 aromatic heterocycles. The van der Waals surface area contributed by atoms with Gasteiger partial charge in [0, 0.05) is 32.1 Å². The van der Waals surface area contributed by atoms with Gasteiger partial charge in [-0.1, -0.05) is 12.1 Å². The SMILES string of the molecule is C=CCN(Cc1cccnc1)C(=O)[C@H]1CCOC1. The number of carbonyl (C=O) groups excluding carboxylic acids is 1. The topological polar surface area (TPSA) is 42.4 Å². The summed E-state index contributed by atoms with van der Waals surface area (Å²) in [7, 11) is 0. The normalized spacial score (nSPS) is 18.6. The average Bonchev–Trinajstić information content (AvgIpc) is 2.92. The zero-order valence-corrected chi connectivity index (χ0v) is 10.4. The number of hydrogen-bond acceptors (Lipinski definition) is 3. The number of amides is 1. The Balaban J connectivity index is 2.03. The minimum atomic E-state index is 0.00150. The first-order valence-corrected chi connectivity index (χ1v) is 6.17. The standard InChI is InChI=1S/C14H18N2O2/c1-2-7-16(10-12-4-3-6-15-9-12)14(17)13-5-8-18-11-13/h2-4,6,9,13H,1,5,7-8,10-11H2/t13-/m0/s1. The van der Waals surface area contributed by atoms with E-state index in [-0.39, 0.29) is 11.8 Å². The monoisotopic (exact) mass is 246 g/mol. The van der Waals surface area contributed by atoms with Crippen LogP contribution in [-0.2, 0) is 16.1 Å². The summed E-state index contributed by atoms with van der Waals surface area (Å²) < 4.78 is 5.27. The number of pyridine rings is 1. The molecule has 96 valence electrons. The average molecular weight is 246 g/mol. The number of carbonyl (C=O) groups is 1. The van der Waals surface area contributed by atoms with Crippen LogP contribution in [0.5, 0.6) is 0 Å². The summed E-state index contributed by atoms with van der Waals surface area (Å²) >= 11 is 0. The fourth-order valence-electron chi connectivity index (χ4n) is 2.09. The molecular weight excluding hydrogens is 228 g/mol. The summed E-state index contributed by atoms with van der Waals surface area (Å²) in [5, 5.41) is 0. The second-order valence-corrected chi connectivity index (χ2v) is 4.43. The van der Waals surface area contributed by atoms with Gasteiger partial charge in [-0.15, -0.1) is 6.58 Å². The first kappa shape index (κ1) is 12.8. The molecule has 0 spiro atoms. The molecule has 0 aliphatic carbocycles. The summed E-state index contributed by atoms with van der Waals surface area (Å²) in [5.74, 6) is 0.151. The van der Waals surface area contributed by atoms with Crippen molar-refractivity contribution in [2.45, 2.75) is 13.0 Å². The lowest BCUT2D eigenvalue weighted by molar-refractivity contribution is -0.135. The molecule has 0 radical (unpaired) electrons. The number of rotatable bonds is 5. The van der Waals surface area contributed by atoms with E-state index in [1.54, 1.807) is 18.5 Å². The minimum Gasteiger partial charge on any atom is -0.381 e. The summed E-state index contributed by atoms with van der Waals surface area (Å²) in [6, 6.07) is 3.85. The van der Waals surface area contributed by atoms with Gasteiger partial charge in [0.05, 0.1) is 12.5 Å². The van der Waals surface area contributed by atoms with Crippen molar-refractivity contribution in [2.24, 2.45) is 5.92 Å². The molecule has 1 aromatic rings. The van der Waals surface area contributed by atoms with E-state index in [1.807, 2.05) is 17.0 Å². The lowest BCUT2D eigenvalue weighted by Gasteiger charge is -2.23. The van der Waals surface area contributed by atoms with Crippen LogP contribution < -0.4 is 0 Å². The fraction of sp³-hybridized carbons (Fsp3) is 0.429. The van der Waals surface area contributed by atoms with Gasteiger partial charge in [0.1, 0.15) is 0 Å². The molecule has 18 heavy (non-hydrogen) atoms. The van der Waals surface area contributed by atoms with Crippen LogP contribution in [0.4, 0.5) is 0 Å². The first-order chi connectivity index (χ1) is 8.81. The van der Waals surface area contributed by atoms with E-state index >= 15 is 0 Å². The molecule has 1 aliphatic heterocycles. The van der Waals surface area contributed by atoms with Gasteiger partial charge in [0.25, 0.3) is 0 Å². The minimum absolute atomic E-state index is 0.00150. The van der Waals surface area contributed by atoms with Gasteiger partial charge in [-0.05, 0) is 18.1 Å². The summed E-state index contributed by atoms with van der Waals surface area (Å²) in [6.45, 7) is 6.08. The largest absolute Gasteiger partial charge is 0.381 e. The molecule has 4 heteroatoms. The molecule has 0 bridgehead atoms. The van der Waals surface area contributed by atoms with E-state index in [0.29, 0.717) is 26.3 Å². The molecule has 1 amide bonds. The Labute approximate surface area is 107 Å². The molecule has 2 heterocycles. The van der Waals surface area contributed by atoms with Gasteiger partial charge in [0.2, 0.25) is 5.91 Å². The van der Waals surface area contributed by atoms with Crippen molar-refractivity contribution < 1.29 is 9.53 Å². The molecule has 0 N–H and O–H groups in total. The van der Waals surface area contributed by atoms with Gasteiger partial charge in [-0.25, -0.2) is 0 Å². The molecule has 4 nitrogen and oxygen atoms in total. The molecule has 0 unspecified atom stereocenters. The van der Waals surface area contributed by atoms with E-state index in [4.69, 9.17) is 4.74 Å². The maximum Gasteiger partial charge on any atom is 0.228 e. The third-order valence-corrected chi connectivity index (χ3v) is 3.04. The Morgan fingerprint density at radius 3 is 3.17 bits per heavy atom. The Hall–Kier alpha value is -1.68. The number of aromatic nitrogens is 1. The van der Waals surface area contributed by atoms with Gasteiger partial charge >= 0.3 is 0 Å². The maximum atomic E-state index is 12.3. The van der Waals surface area contributed by atoms with Crippen molar-refractivity contribution in [1.29, 1.82) is 0 Å². The maximum absolute atomic E-state index is 12.3. The van der Waals surface area contributed by atoms with Crippen LogP contribution in [0.15, 0.2) is 37.2 Å². The van der Waals surface area contributed by atoms with Crippen LogP contribution in [0.2, 0.25) is 0 Å². The summed E-state index contributed by atoms with van der Waals surface area (Å²) in [5.41, 5.74) is 1.03. The van der Waals surface area contributed by atoms with Crippen LogP contribution in [0.1, 0.15) is 12.0 Å². The lowest BCUT2D eigenvalue weighted by atomic mass is 10.1. The summed E-state index contributed by atoms with van der Waals surface area (Å²) in [6.07, 6.45) is 6.09. The predicted molar refractivity (Wildman–Crippen MR) is 68.8 cm³/mol. The molecule has 1 saturated heterocycles. The lowest BCUT2D eigenvalue weighted by Crippen LogP contribution is -2.36. The highest BCUT2D eigenvalue weighted by Gasteiger charge is 2.27. The van der Waals surface area contributed by atoms with Crippen LogP contribution in [0, 0.1) is 5.92 Å². The first-order valence-electron chi connectivity index (χ1n) is 6.17. The Morgan fingerprint density at radius 2 is 2.56 bits per heavy atom. The number of hydrogen-bond donors (Lipinski definition) is 0. The molecule has 0 saturated carbocycles. The van der Waals surface area contributed by atoms with E-state index < -0.39 is 0 Å². The van der Waals surface area contributed by atoms with E-state index in [9.17, 15) is 4.79 Å².